The van der Waals surface area contributed by atoms with E-state index >= 15 is 0 Å². The van der Waals surface area contributed by atoms with Crippen molar-refractivity contribution in [1.29, 1.82) is 0 Å². The van der Waals surface area contributed by atoms with Gasteiger partial charge < -0.3 is 19.5 Å². The van der Waals surface area contributed by atoms with Crippen LogP contribution in [0.15, 0.2) is 32.2 Å². The number of rotatable bonds is 6. The fourth-order valence-corrected chi connectivity index (χ4v) is 3.13. The molecule has 3 heterocycles. The molecule has 1 saturated heterocycles. The van der Waals surface area contributed by atoms with Gasteiger partial charge in [0.1, 0.15) is 11.5 Å². The minimum Gasteiger partial charge on any atom is -0.468 e. The van der Waals surface area contributed by atoms with Gasteiger partial charge in [0.15, 0.2) is 5.96 Å². The Hall–Kier alpha value is -2.28. The molecule has 1 aliphatic rings. The number of hydrogen-bond acceptors (Lipinski definition) is 5. The molecule has 0 bridgehead atoms. The number of likely N-dealkylation sites (tertiary alicyclic amines) is 1. The van der Waals surface area contributed by atoms with E-state index in [0.717, 1.165) is 42.8 Å². The molecule has 3 rings (SSSR count). The monoisotopic (exact) mass is 345 g/mol. The molecular formula is C18H27N5O2. The number of nitrogens with zero attached hydrogens (tertiary/aromatic N) is 3. The summed E-state index contributed by atoms with van der Waals surface area (Å²) in [5.74, 6) is 3.24. The van der Waals surface area contributed by atoms with E-state index in [9.17, 15) is 0 Å². The zero-order valence-electron chi connectivity index (χ0n) is 15.2. The lowest BCUT2D eigenvalue weighted by Crippen LogP contribution is -2.42. The van der Waals surface area contributed by atoms with Gasteiger partial charge in [-0.05, 0) is 51.9 Å². The minimum atomic E-state index is 0.210. The molecule has 2 aromatic rings. The first-order valence-electron chi connectivity index (χ1n) is 8.82. The lowest BCUT2D eigenvalue weighted by Gasteiger charge is -2.26. The van der Waals surface area contributed by atoms with Crippen LogP contribution in [-0.4, -0.2) is 42.5 Å². The van der Waals surface area contributed by atoms with Crippen molar-refractivity contribution in [2.45, 2.75) is 39.3 Å². The number of oxazole rings is 1. The van der Waals surface area contributed by atoms with Crippen molar-refractivity contribution in [3.63, 3.8) is 0 Å². The topological polar surface area (TPSA) is 78.8 Å². The van der Waals surface area contributed by atoms with Crippen molar-refractivity contribution in [2.24, 2.45) is 4.99 Å². The average molecular weight is 345 g/mol. The van der Waals surface area contributed by atoms with Crippen molar-refractivity contribution in [2.75, 3.05) is 26.7 Å². The van der Waals surface area contributed by atoms with Crippen molar-refractivity contribution in [3.8, 4) is 0 Å². The third-order valence-corrected chi connectivity index (χ3v) is 4.62. The lowest BCUT2D eigenvalue weighted by molar-refractivity contribution is 0.215. The summed E-state index contributed by atoms with van der Waals surface area (Å²) in [6.45, 7) is 7.31. The van der Waals surface area contributed by atoms with Crippen molar-refractivity contribution in [1.82, 2.24) is 20.5 Å². The molecule has 25 heavy (non-hydrogen) atoms. The van der Waals surface area contributed by atoms with Gasteiger partial charge in [0.05, 0.1) is 24.5 Å². The molecule has 136 valence electrons. The summed E-state index contributed by atoms with van der Waals surface area (Å²) in [5.41, 5.74) is 0.923. The van der Waals surface area contributed by atoms with E-state index in [2.05, 4.69) is 25.5 Å². The fourth-order valence-electron chi connectivity index (χ4n) is 3.13. The van der Waals surface area contributed by atoms with Gasteiger partial charge in [-0.25, -0.2) is 4.98 Å². The molecular weight excluding hydrogens is 318 g/mol. The van der Waals surface area contributed by atoms with E-state index in [0.29, 0.717) is 12.4 Å². The van der Waals surface area contributed by atoms with E-state index in [1.807, 2.05) is 26.0 Å². The first kappa shape index (κ1) is 17.5. The van der Waals surface area contributed by atoms with Crippen molar-refractivity contribution < 1.29 is 8.83 Å². The Morgan fingerprint density at radius 2 is 2.12 bits per heavy atom. The number of hydrogen-bond donors (Lipinski definition) is 2. The molecule has 0 aliphatic carbocycles. The summed E-state index contributed by atoms with van der Waals surface area (Å²) in [5, 5.41) is 6.65. The van der Waals surface area contributed by atoms with E-state index in [-0.39, 0.29) is 6.04 Å². The fraction of sp³-hybridized carbons (Fsp3) is 0.556. The molecule has 7 heteroatoms. The Balaban J connectivity index is 1.56. The predicted molar refractivity (Wildman–Crippen MR) is 96.4 cm³/mol. The molecule has 7 nitrogen and oxygen atoms in total. The van der Waals surface area contributed by atoms with Crippen molar-refractivity contribution in [3.05, 3.63) is 41.5 Å². The molecule has 2 N–H and O–H groups in total. The van der Waals surface area contributed by atoms with Crippen LogP contribution in [0, 0.1) is 13.8 Å². The molecule has 0 radical (unpaired) electrons. The first-order valence-corrected chi connectivity index (χ1v) is 8.82. The van der Waals surface area contributed by atoms with Gasteiger partial charge in [-0.15, -0.1) is 0 Å². The largest absolute Gasteiger partial charge is 0.468 e. The van der Waals surface area contributed by atoms with Crippen LogP contribution >= 0.6 is 0 Å². The van der Waals surface area contributed by atoms with Crippen LogP contribution in [0.25, 0.3) is 0 Å². The molecule has 0 spiro atoms. The molecule has 0 aromatic carbocycles. The van der Waals surface area contributed by atoms with Gasteiger partial charge in [0.25, 0.3) is 0 Å². The Kier molecular flexibility index (Phi) is 5.75. The highest BCUT2D eigenvalue weighted by Crippen LogP contribution is 2.24. The lowest BCUT2D eigenvalue weighted by atomic mass is 10.2. The number of furan rings is 1. The molecule has 0 saturated carbocycles. The summed E-state index contributed by atoms with van der Waals surface area (Å²) in [7, 11) is 1.76. The highest BCUT2D eigenvalue weighted by Gasteiger charge is 2.25. The van der Waals surface area contributed by atoms with Crippen molar-refractivity contribution >= 4 is 5.96 Å². The Morgan fingerprint density at radius 1 is 1.32 bits per heavy atom. The van der Waals surface area contributed by atoms with Crippen LogP contribution in [0.1, 0.15) is 42.0 Å². The maximum Gasteiger partial charge on any atom is 0.214 e. The summed E-state index contributed by atoms with van der Waals surface area (Å²) in [6, 6.07) is 4.19. The Bertz CT molecular complexity index is 667. The summed E-state index contributed by atoms with van der Waals surface area (Å²) in [6.07, 6.45) is 4.22. The number of nitrogens with one attached hydrogen (secondary N) is 2. The highest BCUT2D eigenvalue weighted by molar-refractivity contribution is 5.79. The third kappa shape index (κ3) is 4.42. The average Bonchev–Trinajstić information content (AvgIpc) is 3.35. The third-order valence-electron chi connectivity index (χ3n) is 4.62. The molecule has 2 aromatic heterocycles. The Morgan fingerprint density at radius 3 is 2.72 bits per heavy atom. The smallest absolute Gasteiger partial charge is 0.214 e. The predicted octanol–water partition coefficient (Wildman–Crippen LogP) is 2.39. The van der Waals surface area contributed by atoms with Crippen LogP contribution < -0.4 is 10.6 Å². The van der Waals surface area contributed by atoms with Gasteiger partial charge in [-0.3, -0.25) is 9.89 Å². The molecule has 1 atom stereocenters. The second-order valence-electron chi connectivity index (χ2n) is 6.33. The summed E-state index contributed by atoms with van der Waals surface area (Å²) in [4.78, 5) is 11.1. The van der Waals surface area contributed by atoms with Gasteiger partial charge in [0, 0.05) is 13.6 Å². The summed E-state index contributed by atoms with van der Waals surface area (Å²) < 4.78 is 11.2. The summed E-state index contributed by atoms with van der Waals surface area (Å²) >= 11 is 0. The van der Waals surface area contributed by atoms with E-state index in [1.54, 1.807) is 13.3 Å². The van der Waals surface area contributed by atoms with Crippen LogP contribution in [0.2, 0.25) is 0 Å². The van der Waals surface area contributed by atoms with E-state index < -0.39 is 0 Å². The quantitative estimate of drug-likeness (QED) is 0.618. The van der Waals surface area contributed by atoms with Gasteiger partial charge in [-0.2, -0.15) is 0 Å². The minimum absolute atomic E-state index is 0.210. The Labute approximate surface area is 148 Å². The van der Waals surface area contributed by atoms with E-state index in [1.165, 1.54) is 12.8 Å². The highest BCUT2D eigenvalue weighted by atomic mass is 16.4. The second-order valence-corrected chi connectivity index (χ2v) is 6.33. The molecule has 0 amide bonds. The van der Waals surface area contributed by atoms with Gasteiger partial charge >= 0.3 is 0 Å². The van der Waals surface area contributed by atoms with Crippen LogP contribution in [0.3, 0.4) is 0 Å². The first-order chi connectivity index (χ1) is 12.2. The molecule has 1 fully saturated rings. The number of aromatic nitrogens is 1. The zero-order valence-corrected chi connectivity index (χ0v) is 15.2. The number of aliphatic imine (C=N–C) groups is 1. The number of aryl methyl sites for hydroxylation is 2. The van der Waals surface area contributed by atoms with E-state index in [4.69, 9.17) is 8.83 Å². The second kappa shape index (κ2) is 8.20. The SMILES string of the molecule is CN=C(NCc1nc(C)c(C)o1)NCC(c1ccco1)N1CCCC1. The normalized spacial score (nSPS) is 17.0. The van der Waals surface area contributed by atoms with Gasteiger partial charge in [-0.1, -0.05) is 0 Å². The van der Waals surface area contributed by atoms with Crippen LogP contribution in [0.5, 0.6) is 0 Å². The molecule has 1 unspecified atom stereocenters. The van der Waals surface area contributed by atoms with Crippen LogP contribution in [0.4, 0.5) is 0 Å². The van der Waals surface area contributed by atoms with Crippen LogP contribution in [-0.2, 0) is 6.54 Å². The molecule has 1 aliphatic heterocycles. The number of guanidine groups is 1. The maximum absolute atomic E-state index is 5.65. The zero-order chi connectivity index (χ0) is 17.6. The maximum atomic E-state index is 5.65. The standard InChI is InChI=1S/C18H27N5O2/c1-13-14(2)25-17(22-13)12-21-18(19-3)20-11-15(16-7-6-10-24-16)23-8-4-5-9-23/h6-7,10,15H,4-5,8-9,11-12H2,1-3H3,(H2,19,20,21). The van der Waals surface area contributed by atoms with Gasteiger partial charge in [0.2, 0.25) is 5.89 Å².